The van der Waals surface area contributed by atoms with Gasteiger partial charge in [0, 0.05) is 16.8 Å². The van der Waals surface area contributed by atoms with Gasteiger partial charge in [-0.15, -0.1) is 0 Å². The van der Waals surface area contributed by atoms with Crippen LogP contribution >= 0.6 is 0 Å². The quantitative estimate of drug-likeness (QED) is 0.151. The van der Waals surface area contributed by atoms with Crippen LogP contribution in [-0.2, 0) is 0 Å². The number of nitrogens with zero attached hydrogens (tertiary/aromatic N) is 1. The Labute approximate surface area is 334 Å². The molecule has 0 aliphatic heterocycles. The summed E-state index contributed by atoms with van der Waals surface area (Å²) < 4.78 is 0. The summed E-state index contributed by atoms with van der Waals surface area (Å²) in [7, 11) is 0. The molecule has 0 heterocycles. The summed E-state index contributed by atoms with van der Waals surface area (Å²) >= 11 is 0. The van der Waals surface area contributed by atoms with Crippen molar-refractivity contribution in [2.24, 2.45) is 0 Å². The second-order valence-electron chi connectivity index (χ2n) is 14.4. The Morgan fingerprint density at radius 2 is 0.596 bits per heavy atom. The minimum atomic E-state index is 1.12. The largest absolute Gasteiger partial charge is 0.310 e. The van der Waals surface area contributed by atoms with E-state index in [9.17, 15) is 0 Å². The molecular weight excluding hydrogens is 687 g/mol. The molecule has 0 fully saturated rings. The zero-order valence-electron chi connectivity index (χ0n) is 31.5. The lowest BCUT2D eigenvalue weighted by atomic mass is 9.77. The second kappa shape index (κ2) is 15.0. The fraction of sp³-hybridized carbons (Fsp3) is 0. The van der Waals surface area contributed by atoms with Gasteiger partial charge in [-0.25, -0.2) is 0 Å². The van der Waals surface area contributed by atoms with E-state index in [1.165, 1.54) is 77.2 Å². The molecule has 0 unspecified atom stereocenters. The van der Waals surface area contributed by atoms with Crippen molar-refractivity contribution < 1.29 is 0 Å². The van der Waals surface area contributed by atoms with Gasteiger partial charge < -0.3 is 4.90 Å². The number of fused-ring (bicyclic) bond motifs is 2. The van der Waals surface area contributed by atoms with Crippen LogP contribution in [0.5, 0.6) is 0 Å². The van der Waals surface area contributed by atoms with E-state index >= 15 is 0 Å². The third-order valence-corrected chi connectivity index (χ3v) is 11.0. The Kier molecular flexibility index (Phi) is 8.95. The number of rotatable bonds is 8. The van der Waals surface area contributed by atoms with E-state index in [0.29, 0.717) is 0 Å². The van der Waals surface area contributed by atoms with Gasteiger partial charge in [-0.05, 0) is 102 Å². The van der Waals surface area contributed by atoms with Crippen LogP contribution in [0.2, 0.25) is 0 Å². The van der Waals surface area contributed by atoms with Crippen LogP contribution in [0.1, 0.15) is 0 Å². The molecule has 10 aromatic rings. The van der Waals surface area contributed by atoms with Crippen LogP contribution in [0.3, 0.4) is 0 Å². The normalized spacial score (nSPS) is 11.2. The first kappa shape index (κ1) is 34.0. The second-order valence-corrected chi connectivity index (χ2v) is 14.4. The molecular formula is C56H39N. The van der Waals surface area contributed by atoms with Gasteiger partial charge >= 0.3 is 0 Å². The van der Waals surface area contributed by atoms with Gasteiger partial charge in [0.2, 0.25) is 0 Å². The molecule has 0 spiro atoms. The molecule has 1 heteroatoms. The highest BCUT2D eigenvalue weighted by Crippen LogP contribution is 2.53. The molecule has 0 saturated heterocycles. The van der Waals surface area contributed by atoms with Gasteiger partial charge in [-0.2, -0.15) is 0 Å². The van der Waals surface area contributed by atoms with Crippen molar-refractivity contribution in [1.82, 2.24) is 0 Å². The standard InChI is InChI=1S/C56H39N/c1-7-22-40(23-8-1)52-50-38-20-37-49(47-34-19-36-48-46(47)35-21-39-51(48)57(44-30-15-5-16-31-44)45-32-17-6-18-33-45)56(50)55(43-28-13-4-14-29-43)54(42-26-11-3-12-27-42)53(52)41-24-9-2-10-25-41/h1-39H. The van der Waals surface area contributed by atoms with Crippen LogP contribution in [-0.4, -0.2) is 0 Å². The zero-order chi connectivity index (χ0) is 38.0. The van der Waals surface area contributed by atoms with Gasteiger partial charge in [-0.3, -0.25) is 0 Å². The van der Waals surface area contributed by atoms with Crippen molar-refractivity contribution in [3.8, 4) is 55.6 Å². The van der Waals surface area contributed by atoms with E-state index in [2.05, 4.69) is 241 Å². The molecule has 0 atom stereocenters. The Bertz CT molecular complexity index is 2920. The number of anilines is 3. The molecule has 57 heavy (non-hydrogen) atoms. The molecule has 1 nitrogen and oxygen atoms in total. The number of benzene rings is 10. The van der Waals surface area contributed by atoms with Crippen LogP contribution < -0.4 is 4.90 Å². The molecule has 0 aliphatic rings. The summed E-state index contributed by atoms with van der Waals surface area (Å²) in [5.41, 5.74) is 15.5. The smallest absolute Gasteiger partial charge is 0.0540 e. The lowest BCUT2D eigenvalue weighted by Crippen LogP contribution is -2.10. The SMILES string of the molecule is c1ccc(-c2c(-c3ccccc3)c(-c3ccccc3)c3c(-c4cccc5c(N(c6ccccc6)c6ccccc6)cccc45)cccc3c2-c2ccccc2)cc1. The fourth-order valence-corrected chi connectivity index (χ4v) is 8.65. The average Bonchev–Trinajstić information content (AvgIpc) is 3.30. The molecule has 0 amide bonds. The summed E-state index contributed by atoms with van der Waals surface area (Å²) in [6.45, 7) is 0. The number of hydrogen-bond acceptors (Lipinski definition) is 1. The summed E-state index contributed by atoms with van der Waals surface area (Å²) in [6, 6.07) is 85.7. The van der Waals surface area contributed by atoms with Crippen molar-refractivity contribution in [2.45, 2.75) is 0 Å². The first-order valence-corrected chi connectivity index (χ1v) is 19.6. The monoisotopic (exact) mass is 725 g/mol. The molecule has 0 radical (unpaired) electrons. The van der Waals surface area contributed by atoms with E-state index in [1.807, 2.05) is 0 Å². The lowest BCUT2D eigenvalue weighted by molar-refractivity contribution is 1.30. The molecule has 10 rings (SSSR count). The molecule has 0 aliphatic carbocycles. The van der Waals surface area contributed by atoms with E-state index in [0.717, 1.165) is 17.1 Å². The van der Waals surface area contributed by atoms with E-state index in [-0.39, 0.29) is 0 Å². The molecule has 0 aromatic heterocycles. The first-order chi connectivity index (χ1) is 28.3. The highest BCUT2D eigenvalue weighted by molar-refractivity contribution is 6.23. The molecule has 0 saturated carbocycles. The summed E-state index contributed by atoms with van der Waals surface area (Å²) in [6.07, 6.45) is 0. The van der Waals surface area contributed by atoms with E-state index in [1.54, 1.807) is 0 Å². The highest BCUT2D eigenvalue weighted by atomic mass is 15.1. The van der Waals surface area contributed by atoms with Gasteiger partial charge in [0.25, 0.3) is 0 Å². The number of para-hydroxylation sites is 2. The van der Waals surface area contributed by atoms with Crippen molar-refractivity contribution in [1.29, 1.82) is 0 Å². The Balaban J connectivity index is 1.36. The van der Waals surface area contributed by atoms with Gasteiger partial charge in [0.1, 0.15) is 0 Å². The highest BCUT2D eigenvalue weighted by Gasteiger charge is 2.26. The molecule has 0 N–H and O–H groups in total. The van der Waals surface area contributed by atoms with Crippen LogP contribution in [0, 0.1) is 0 Å². The van der Waals surface area contributed by atoms with Gasteiger partial charge in [0.15, 0.2) is 0 Å². The maximum absolute atomic E-state index is 2.37. The first-order valence-electron chi connectivity index (χ1n) is 19.6. The van der Waals surface area contributed by atoms with Gasteiger partial charge in [-0.1, -0.05) is 206 Å². The Hall–Kier alpha value is -7.48. The topological polar surface area (TPSA) is 3.24 Å². The van der Waals surface area contributed by atoms with Crippen molar-refractivity contribution in [3.05, 3.63) is 237 Å². The molecule has 10 aromatic carbocycles. The van der Waals surface area contributed by atoms with E-state index in [4.69, 9.17) is 0 Å². The van der Waals surface area contributed by atoms with Crippen molar-refractivity contribution in [2.75, 3.05) is 4.90 Å². The van der Waals surface area contributed by atoms with Crippen molar-refractivity contribution in [3.63, 3.8) is 0 Å². The summed E-state index contributed by atoms with van der Waals surface area (Å²) in [5, 5.41) is 4.85. The maximum atomic E-state index is 2.37. The third-order valence-electron chi connectivity index (χ3n) is 11.0. The lowest BCUT2D eigenvalue weighted by Gasteiger charge is -2.28. The zero-order valence-corrected chi connectivity index (χ0v) is 31.5. The summed E-state index contributed by atoms with van der Waals surface area (Å²) in [5.74, 6) is 0. The van der Waals surface area contributed by atoms with Crippen LogP contribution in [0.4, 0.5) is 17.1 Å². The molecule has 268 valence electrons. The average molecular weight is 726 g/mol. The number of hydrogen-bond donors (Lipinski definition) is 0. The Morgan fingerprint density at radius 3 is 1.11 bits per heavy atom. The minimum Gasteiger partial charge on any atom is -0.310 e. The third kappa shape index (κ3) is 6.16. The predicted octanol–water partition coefficient (Wildman–Crippen LogP) is 15.8. The van der Waals surface area contributed by atoms with Crippen LogP contribution in [0.15, 0.2) is 237 Å². The van der Waals surface area contributed by atoms with Crippen molar-refractivity contribution >= 4 is 38.6 Å². The van der Waals surface area contributed by atoms with Crippen LogP contribution in [0.25, 0.3) is 77.2 Å². The Morgan fingerprint density at radius 1 is 0.228 bits per heavy atom. The fourth-order valence-electron chi connectivity index (χ4n) is 8.65. The van der Waals surface area contributed by atoms with E-state index < -0.39 is 0 Å². The minimum absolute atomic E-state index is 1.12. The maximum Gasteiger partial charge on any atom is 0.0540 e. The van der Waals surface area contributed by atoms with Gasteiger partial charge in [0.05, 0.1) is 5.69 Å². The molecule has 0 bridgehead atoms. The predicted molar refractivity (Wildman–Crippen MR) is 243 cm³/mol. The summed E-state index contributed by atoms with van der Waals surface area (Å²) in [4.78, 5) is 2.37.